The zero-order chi connectivity index (χ0) is 28.4. The zero-order valence-corrected chi connectivity index (χ0v) is 23.6. The van der Waals surface area contributed by atoms with Crippen molar-refractivity contribution in [1.82, 2.24) is 15.7 Å². The average Bonchev–Trinajstić information content (AvgIpc) is 3.03. The number of hydrogen-bond donors (Lipinski definition) is 2. The van der Waals surface area contributed by atoms with Gasteiger partial charge in [-0.25, -0.2) is 10.3 Å². The van der Waals surface area contributed by atoms with Gasteiger partial charge in [-0.15, -0.1) is 0 Å². The van der Waals surface area contributed by atoms with Gasteiger partial charge in [0, 0.05) is 43.1 Å². The molecule has 8 heteroatoms. The summed E-state index contributed by atoms with van der Waals surface area (Å²) in [4.78, 5) is 33.9. The summed E-state index contributed by atoms with van der Waals surface area (Å²) in [5.74, 6) is 0.250. The summed E-state index contributed by atoms with van der Waals surface area (Å²) in [7, 11) is 0. The lowest BCUT2D eigenvalue weighted by molar-refractivity contribution is -0.186. The van der Waals surface area contributed by atoms with E-state index >= 15 is 0 Å². The number of ether oxygens (including phenoxy) is 2. The van der Waals surface area contributed by atoms with Crippen molar-refractivity contribution >= 4 is 28.7 Å². The van der Waals surface area contributed by atoms with Crippen LogP contribution in [0, 0.1) is 0 Å². The van der Waals surface area contributed by atoms with Crippen molar-refractivity contribution < 1.29 is 23.9 Å². The molecule has 2 fully saturated rings. The van der Waals surface area contributed by atoms with E-state index in [1.165, 1.54) is 0 Å². The molecule has 0 aromatic heterocycles. The molecule has 3 aromatic carbocycles. The minimum atomic E-state index is -0.410. The predicted molar refractivity (Wildman–Crippen MR) is 159 cm³/mol. The average molecular weight is 558 g/mol. The molecule has 2 aliphatic rings. The van der Waals surface area contributed by atoms with Gasteiger partial charge >= 0.3 is 0 Å². The summed E-state index contributed by atoms with van der Waals surface area (Å²) in [6, 6.07) is 21.1. The van der Waals surface area contributed by atoms with Crippen molar-refractivity contribution in [3.8, 4) is 5.75 Å². The van der Waals surface area contributed by atoms with Crippen molar-refractivity contribution in [2.24, 2.45) is 0 Å². The van der Waals surface area contributed by atoms with E-state index in [-0.39, 0.29) is 24.5 Å². The van der Waals surface area contributed by atoms with Crippen LogP contribution in [0.25, 0.3) is 16.8 Å². The first-order valence-electron chi connectivity index (χ1n) is 14.6. The molecule has 0 spiro atoms. The van der Waals surface area contributed by atoms with Gasteiger partial charge in [0.25, 0.3) is 11.8 Å². The van der Waals surface area contributed by atoms with E-state index in [0.29, 0.717) is 17.7 Å². The van der Waals surface area contributed by atoms with Gasteiger partial charge in [-0.2, -0.15) is 0 Å². The number of hydrogen-bond acceptors (Lipinski definition) is 6. The predicted octanol–water partition coefficient (Wildman–Crippen LogP) is 5.09. The molecule has 3 aromatic rings. The molecule has 2 saturated heterocycles. The second-order valence-corrected chi connectivity index (χ2v) is 10.6. The number of amides is 2. The summed E-state index contributed by atoms with van der Waals surface area (Å²) in [6.45, 7) is 5.90. The number of likely N-dealkylation sites (tertiary alicyclic amines) is 1. The number of fused-ring (bicyclic) bond motifs is 1. The van der Waals surface area contributed by atoms with Gasteiger partial charge in [0.2, 0.25) is 0 Å². The Morgan fingerprint density at radius 2 is 1.76 bits per heavy atom. The number of piperidine rings is 1. The zero-order valence-electron chi connectivity index (χ0n) is 23.6. The van der Waals surface area contributed by atoms with E-state index in [1.54, 1.807) is 12.1 Å². The third-order valence-corrected chi connectivity index (χ3v) is 7.73. The number of carbonyl (C=O) groups is 2. The molecule has 2 amide bonds. The van der Waals surface area contributed by atoms with Crippen LogP contribution in [0.5, 0.6) is 5.75 Å². The molecule has 216 valence electrons. The lowest BCUT2D eigenvalue weighted by Crippen LogP contribution is -2.45. The summed E-state index contributed by atoms with van der Waals surface area (Å²) >= 11 is 0. The van der Waals surface area contributed by atoms with Crippen molar-refractivity contribution in [2.45, 2.75) is 51.4 Å². The van der Waals surface area contributed by atoms with E-state index in [4.69, 9.17) is 14.3 Å². The van der Waals surface area contributed by atoms with Gasteiger partial charge in [0.05, 0.1) is 5.57 Å². The van der Waals surface area contributed by atoms with E-state index in [9.17, 15) is 9.59 Å². The highest BCUT2D eigenvalue weighted by atomic mass is 16.8. The number of nitrogens with zero attached hydrogens (tertiary/aromatic N) is 1. The Hall–Kier alpha value is -3.72. The summed E-state index contributed by atoms with van der Waals surface area (Å²) in [6.07, 6.45) is 6.05. The first-order valence-corrected chi connectivity index (χ1v) is 14.6. The number of nitrogens with one attached hydrogen (secondary N) is 2. The third kappa shape index (κ3) is 7.94. The maximum absolute atomic E-state index is 13.5. The number of carbonyl (C=O) groups excluding carboxylic acids is 2. The van der Waals surface area contributed by atoms with Gasteiger partial charge in [-0.1, -0.05) is 55.5 Å². The maximum Gasteiger partial charge on any atom is 0.274 e. The summed E-state index contributed by atoms with van der Waals surface area (Å²) in [5.41, 5.74) is 4.26. The van der Waals surface area contributed by atoms with Gasteiger partial charge in [-0.05, 0) is 67.5 Å². The Labute approximate surface area is 241 Å². The SMILES string of the molecule is CCN1CCC(NC(=O)C(=Cc2ccc(C(=O)NOC3CCCCO3)cc2)COc2cccc3ccccc23)CC1. The number of benzene rings is 3. The van der Waals surface area contributed by atoms with E-state index < -0.39 is 6.29 Å². The fourth-order valence-corrected chi connectivity index (χ4v) is 5.24. The van der Waals surface area contributed by atoms with Crippen LogP contribution >= 0.6 is 0 Å². The normalized spacial score (nSPS) is 18.7. The van der Waals surface area contributed by atoms with Crippen LogP contribution in [0.2, 0.25) is 0 Å². The van der Waals surface area contributed by atoms with Gasteiger partial charge in [0.1, 0.15) is 12.4 Å². The topological polar surface area (TPSA) is 89.1 Å². The number of rotatable bonds is 10. The van der Waals surface area contributed by atoms with Crippen LogP contribution in [0.3, 0.4) is 0 Å². The van der Waals surface area contributed by atoms with Crippen LogP contribution in [-0.4, -0.2) is 61.9 Å². The van der Waals surface area contributed by atoms with Gasteiger partial charge in [-0.3, -0.25) is 9.59 Å². The molecule has 0 aliphatic carbocycles. The fourth-order valence-electron chi connectivity index (χ4n) is 5.24. The molecule has 1 atom stereocenters. The third-order valence-electron chi connectivity index (χ3n) is 7.73. The molecule has 41 heavy (non-hydrogen) atoms. The number of hydroxylamine groups is 1. The standard InChI is InChI=1S/C33H39N3O5/c1-2-36-19-17-28(18-20-36)34-32(37)27(23-40-30-11-7-9-25-8-3-4-10-29(25)30)22-24-13-15-26(16-14-24)33(38)35-41-31-12-5-6-21-39-31/h3-4,7-11,13-16,22,28,31H,2,5-6,12,17-21,23H2,1H3,(H,34,37)(H,35,38). The quantitative estimate of drug-likeness (QED) is 0.267. The molecule has 8 nitrogen and oxygen atoms in total. The van der Waals surface area contributed by atoms with Crippen LogP contribution in [0.4, 0.5) is 0 Å². The first-order chi connectivity index (χ1) is 20.1. The molecule has 1 unspecified atom stereocenters. The minimum absolute atomic E-state index is 0.116. The van der Waals surface area contributed by atoms with Crippen molar-refractivity contribution in [3.05, 3.63) is 83.4 Å². The molecule has 2 N–H and O–H groups in total. The Morgan fingerprint density at radius 3 is 2.51 bits per heavy atom. The van der Waals surface area contributed by atoms with Crippen LogP contribution in [-0.2, 0) is 14.4 Å². The fraction of sp³-hybridized carbons (Fsp3) is 0.394. The summed E-state index contributed by atoms with van der Waals surface area (Å²) in [5, 5.41) is 5.31. The Bertz CT molecular complexity index is 1340. The van der Waals surface area contributed by atoms with Crippen LogP contribution in [0.1, 0.15) is 54.9 Å². The largest absolute Gasteiger partial charge is 0.488 e. The molecule has 0 saturated carbocycles. The Morgan fingerprint density at radius 1 is 0.976 bits per heavy atom. The molecule has 0 radical (unpaired) electrons. The Balaban J connectivity index is 1.28. The maximum atomic E-state index is 13.5. The van der Waals surface area contributed by atoms with E-state index in [2.05, 4.69) is 22.6 Å². The second kappa shape index (κ2) is 14.3. The van der Waals surface area contributed by atoms with E-state index in [1.807, 2.05) is 60.7 Å². The molecule has 5 rings (SSSR count). The van der Waals surface area contributed by atoms with Crippen molar-refractivity contribution in [3.63, 3.8) is 0 Å². The van der Waals surface area contributed by atoms with Gasteiger partial charge in [0.15, 0.2) is 6.29 Å². The highest BCUT2D eigenvalue weighted by molar-refractivity contribution is 5.99. The molecule has 2 heterocycles. The molecular formula is C33H39N3O5. The van der Waals surface area contributed by atoms with Crippen molar-refractivity contribution in [1.29, 1.82) is 0 Å². The Kier molecular flexibility index (Phi) is 10.0. The molecule has 0 bridgehead atoms. The van der Waals surface area contributed by atoms with E-state index in [0.717, 1.165) is 73.8 Å². The van der Waals surface area contributed by atoms with Gasteiger partial charge < -0.3 is 19.7 Å². The monoisotopic (exact) mass is 557 g/mol. The van der Waals surface area contributed by atoms with Crippen LogP contribution in [0.15, 0.2) is 72.3 Å². The smallest absolute Gasteiger partial charge is 0.274 e. The van der Waals surface area contributed by atoms with Crippen molar-refractivity contribution in [2.75, 3.05) is 32.8 Å². The van der Waals surface area contributed by atoms with Crippen LogP contribution < -0.4 is 15.5 Å². The lowest BCUT2D eigenvalue weighted by atomic mass is 10.0. The minimum Gasteiger partial charge on any atom is -0.488 e. The summed E-state index contributed by atoms with van der Waals surface area (Å²) < 4.78 is 11.7. The molecule has 2 aliphatic heterocycles. The molecular weight excluding hydrogens is 518 g/mol. The lowest BCUT2D eigenvalue weighted by Gasteiger charge is -2.31. The first kappa shape index (κ1) is 28.8. The second-order valence-electron chi connectivity index (χ2n) is 10.6. The highest BCUT2D eigenvalue weighted by Crippen LogP contribution is 2.26. The highest BCUT2D eigenvalue weighted by Gasteiger charge is 2.22.